The molecule has 0 unspecified atom stereocenters. The van der Waals surface area contributed by atoms with E-state index in [-0.39, 0.29) is 29.0 Å². The molecule has 2 aliphatic heterocycles. The summed E-state index contributed by atoms with van der Waals surface area (Å²) in [6, 6.07) is 10.3. The molecule has 9 heteroatoms. The topological polar surface area (TPSA) is 108 Å². The van der Waals surface area contributed by atoms with E-state index in [1.54, 1.807) is 35.9 Å². The highest BCUT2D eigenvalue weighted by Crippen LogP contribution is 2.30. The Hall–Kier alpha value is -3.98. The molecule has 38 heavy (non-hydrogen) atoms. The smallest absolute Gasteiger partial charge is 0.337 e. The number of fused-ring (bicyclic) bond motifs is 1. The van der Waals surface area contributed by atoms with Crippen LogP contribution in [0.3, 0.4) is 0 Å². The van der Waals surface area contributed by atoms with Gasteiger partial charge in [-0.2, -0.15) is 0 Å². The Morgan fingerprint density at radius 2 is 1.89 bits per heavy atom. The Morgan fingerprint density at radius 1 is 1.16 bits per heavy atom. The zero-order valence-electron chi connectivity index (χ0n) is 22.2. The molecule has 1 fully saturated rings. The third-order valence-electron chi connectivity index (χ3n) is 7.57. The van der Waals surface area contributed by atoms with E-state index in [4.69, 9.17) is 4.98 Å². The van der Waals surface area contributed by atoms with E-state index in [1.807, 2.05) is 44.0 Å². The summed E-state index contributed by atoms with van der Waals surface area (Å²) in [6.07, 6.45) is 2.64. The summed E-state index contributed by atoms with van der Waals surface area (Å²) in [5.74, 6) is -0.145. The predicted molar refractivity (Wildman–Crippen MR) is 147 cm³/mol. The Bertz CT molecular complexity index is 1520. The molecule has 2 N–H and O–H groups in total. The zero-order valence-corrected chi connectivity index (χ0v) is 22.2. The SMILES string of the molecule is Cc1cc([C@@H](C)Nc2ccccc2C(=O)O)c2nc(C3=CCN(C(=O)C4CN(C)C4)CC3)n(C)c(=O)c2c1. The standard InChI is InChI=1S/C29H33N5O4/c1-17-13-22(18(2)30-24-8-6-5-7-21(24)29(37)38)25-23(14-17)28(36)33(4)26(31-25)19-9-11-34(12-10-19)27(35)20-15-32(3)16-20/h5-9,13-14,18,20,30H,10-12,15-16H2,1-4H3,(H,37,38)/t18-/m1/s1. The predicted octanol–water partition coefficient (Wildman–Crippen LogP) is 3.29. The lowest BCUT2D eigenvalue weighted by Gasteiger charge is -2.39. The number of hydrogen-bond acceptors (Lipinski definition) is 6. The highest BCUT2D eigenvalue weighted by atomic mass is 16.4. The van der Waals surface area contributed by atoms with E-state index in [0.717, 1.165) is 29.8 Å². The van der Waals surface area contributed by atoms with Crippen molar-refractivity contribution in [1.29, 1.82) is 0 Å². The quantitative estimate of drug-likeness (QED) is 0.519. The van der Waals surface area contributed by atoms with Crippen LogP contribution in [0.2, 0.25) is 0 Å². The number of carboxylic acid groups (broad SMARTS) is 1. The Balaban J connectivity index is 1.49. The minimum atomic E-state index is -1.01. The molecule has 0 radical (unpaired) electrons. The highest BCUT2D eigenvalue weighted by molar-refractivity contribution is 5.94. The van der Waals surface area contributed by atoms with Gasteiger partial charge in [0.2, 0.25) is 5.91 Å². The van der Waals surface area contributed by atoms with E-state index < -0.39 is 5.97 Å². The summed E-state index contributed by atoms with van der Waals surface area (Å²) in [5.41, 5.74) is 3.84. The van der Waals surface area contributed by atoms with E-state index in [0.29, 0.717) is 41.9 Å². The number of nitrogens with zero attached hydrogens (tertiary/aromatic N) is 4. The number of benzene rings is 2. The number of likely N-dealkylation sites (tertiary alicyclic amines) is 1. The molecular weight excluding hydrogens is 482 g/mol. The van der Waals surface area contributed by atoms with Gasteiger partial charge in [-0.05, 0) is 56.7 Å². The van der Waals surface area contributed by atoms with Crippen LogP contribution in [0.4, 0.5) is 5.69 Å². The van der Waals surface area contributed by atoms with Gasteiger partial charge < -0.3 is 20.2 Å². The van der Waals surface area contributed by atoms with Crippen molar-refractivity contribution in [3.63, 3.8) is 0 Å². The number of aromatic carboxylic acids is 1. The average molecular weight is 516 g/mol. The molecule has 0 spiro atoms. The second-order valence-electron chi connectivity index (χ2n) is 10.4. The molecule has 1 amide bonds. The lowest BCUT2D eigenvalue weighted by atomic mass is 9.97. The molecule has 2 aliphatic rings. The van der Waals surface area contributed by atoms with Gasteiger partial charge in [0.15, 0.2) is 0 Å². The number of carbonyl (C=O) groups excluding carboxylic acids is 1. The third-order valence-corrected chi connectivity index (χ3v) is 7.57. The van der Waals surface area contributed by atoms with Gasteiger partial charge in [0.1, 0.15) is 5.82 Å². The molecule has 1 saturated heterocycles. The number of hydrogen-bond donors (Lipinski definition) is 2. The summed E-state index contributed by atoms with van der Waals surface area (Å²) in [7, 11) is 3.75. The molecule has 1 atom stereocenters. The van der Waals surface area contributed by atoms with Crippen LogP contribution in [0, 0.1) is 12.8 Å². The molecule has 1 aromatic heterocycles. The molecule has 0 saturated carbocycles. The summed E-state index contributed by atoms with van der Waals surface area (Å²) < 4.78 is 1.59. The first-order valence-corrected chi connectivity index (χ1v) is 12.9. The minimum Gasteiger partial charge on any atom is -0.478 e. The average Bonchev–Trinajstić information content (AvgIpc) is 2.88. The number of aromatic nitrogens is 2. The maximum Gasteiger partial charge on any atom is 0.337 e. The third kappa shape index (κ3) is 4.69. The van der Waals surface area contributed by atoms with Crippen LogP contribution in [0.15, 0.2) is 47.3 Å². The molecular formula is C29H33N5O4. The molecule has 9 nitrogen and oxygen atoms in total. The summed E-state index contributed by atoms with van der Waals surface area (Å²) in [5, 5.41) is 13.4. The van der Waals surface area contributed by atoms with Crippen LogP contribution in [-0.4, -0.2) is 69.6 Å². The molecule has 0 aliphatic carbocycles. The van der Waals surface area contributed by atoms with Crippen LogP contribution in [-0.2, 0) is 11.8 Å². The first kappa shape index (κ1) is 25.7. The minimum absolute atomic E-state index is 0.0733. The van der Waals surface area contributed by atoms with Crippen molar-refractivity contribution in [2.75, 3.05) is 38.5 Å². The summed E-state index contributed by atoms with van der Waals surface area (Å²) in [6.45, 7) is 6.59. The normalized spacial score (nSPS) is 17.2. The highest BCUT2D eigenvalue weighted by Gasteiger charge is 2.34. The second kappa shape index (κ2) is 10.1. The first-order chi connectivity index (χ1) is 18.1. The maximum atomic E-state index is 13.5. The van der Waals surface area contributed by atoms with Crippen molar-refractivity contribution in [2.24, 2.45) is 13.0 Å². The number of nitrogens with one attached hydrogen (secondary N) is 1. The van der Waals surface area contributed by atoms with Crippen molar-refractivity contribution >= 4 is 34.0 Å². The van der Waals surface area contributed by atoms with Crippen LogP contribution >= 0.6 is 0 Å². The van der Waals surface area contributed by atoms with Gasteiger partial charge in [0.25, 0.3) is 5.56 Å². The van der Waals surface area contributed by atoms with E-state index in [1.165, 1.54) is 0 Å². The van der Waals surface area contributed by atoms with Crippen LogP contribution in [0.5, 0.6) is 0 Å². The number of rotatable bonds is 6. The zero-order chi connectivity index (χ0) is 27.1. The van der Waals surface area contributed by atoms with Gasteiger partial charge in [-0.25, -0.2) is 9.78 Å². The van der Waals surface area contributed by atoms with Crippen molar-refractivity contribution in [2.45, 2.75) is 26.3 Å². The lowest BCUT2D eigenvalue weighted by Crippen LogP contribution is -2.53. The molecule has 5 rings (SSSR count). The molecule has 3 aromatic rings. The van der Waals surface area contributed by atoms with Crippen molar-refractivity contribution in [3.05, 3.63) is 75.3 Å². The number of amides is 1. The number of carboxylic acids is 1. The molecule has 0 bridgehead atoms. The monoisotopic (exact) mass is 515 g/mol. The van der Waals surface area contributed by atoms with Crippen LogP contribution < -0.4 is 10.9 Å². The van der Waals surface area contributed by atoms with Gasteiger partial charge in [-0.3, -0.25) is 14.2 Å². The first-order valence-electron chi connectivity index (χ1n) is 12.9. The summed E-state index contributed by atoms with van der Waals surface area (Å²) >= 11 is 0. The molecule has 3 heterocycles. The summed E-state index contributed by atoms with van der Waals surface area (Å²) in [4.78, 5) is 47.0. The van der Waals surface area contributed by atoms with E-state index in [9.17, 15) is 19.5 Å². The van der Waals surface area contributed by atoms with Gasteiger partial charge in [0.05, 0.1) is 28.4 Å². The Morgan fingerprint density at radius 3 is 2.55 bits per heavy atom. The van der Waals surface area contributed by atoms with E-state index >= 15 is 0 Å². The van der Waals surface area contributed by atoms with Gasteiger partial charge in [-0.1, -0.05) is 24.3 Å². The molecule has 2 aromatic carbocycles. The number of carbonyl (C=O) groups is 2. The lowest BCUT2D eigenvalue weighted by molar-refractivity contribution is -0.140. The van der Waals surface area contributed by atoms with E-state index in [2.05, 4.69) is 10.2 Å². The Labute approximate surface area is 221 Å². The van der Waals surface area contributed by atoms with Crippen LogP contribution in [0.25, 0.3) is 16.5 Å². The Kier molecular flexibility index (Phi) is 6.79. The van der Waals surface area contributed by atoms with Crippen LogP contribution in [0.1, 0.15) is 46.7 Å². The van der Waals surface area contributed by atoms with Gasteiger partial charge in [-0.15, -0.1) is 0 Å². The van der Waals surface area contributed by atoms with Gasteiger partial charge in [0, 0.05) is 44.5 Å². The second-order valence-corrected chi connectivity index (χ2v) is 10.4. The maximum absolute atomic E-state index is 13.5. The van der Waals surface area contributed by atoms with Crippen molar-refractivity contribution < 1.29 is 14.7 Å². The fraction of sp³-hybridized carbons (Fsp3) is 0.379. The number of anilines is 1. The number of aryl methyl sites for hydroxylation is 1. The number of para-hydroxylation sites is 1. The van der Waals surface area contributed by atoms with Crippen molar-refractivity contribution in [1.82, 2.24) is 19.4 Å². The largest absolute Gasteiger partial charge is 0.478 e. The van der Waals surface area contributed by atoms with Crippen molar-refractivity contribution in [3.8, 4) is 0 Å². The van der Waals surface area contributed by atoms with Gasteiger partial charge >= 0.3 is 5.97 Å². The fourth-order valence-electron chi connectivity index (χ4n) is 5.46. The molecule has 198 valence electrons. The fourth-order valence-corrected chi connectivity index (χ4v) is 5.46.